The lowest BCUT2D eigenvalue weighted by atomic mass is 10.5. The van der Waals surface area contributed by atoms with Gasteiger partial charge in [-0.05, 0) is 45.9 Å². The molecule has 0 aliphatic carbocycles. The summed E-state index contributed by atoms with van der Waals surface area (Å²) < 4.78 is 25.5. The van der Waals surface area contributed by atoms with E-state index in [9.17, 15) is 8.78 Å². The van der Waals surface area contributed by atoms with E-state index in [1.807, 2.05) is 0 Å². The fourth-order valence-corrected chi connectivity index (χ4v) is 2.71. The molecule has 0 atom stereocenters. The lowest BCUT2D eigenvalue weighted by Gasteiger charge is -1.99. The monoisotopic (exact) mass is 256 g/mol. The molecule has 6 heteroatoms. The third-order valence-electron chi connectivity index (χ3n) is 1.59. The Bertz CT molecular complexity index is 448. The molecule has 0 saturated carbocycles. The summed E-state index contributed by atoms with van der Waals surface area (Å²) in [5, 5.41) is 1.05. The molecule has 0 N–H and O–H groups in total. The van der Waals surface area contributed by atoms with E-state index in [0.717, 1.165) is 0 Å². The smallest absolute Gasteiger partial charge is 0.212 e. The number of pyridine rings is 2. The van der Waals surface area contributed by atoms with Crippen molar-refractivity contribution in [3.63, 3.8) is 0 Å². The van der Waals surface area contributed by atoms with Crippen molar-refractivity contribution in [1.82, 2.24) is 9.97 Å². The maximum absolute atomic E-state index is 12.7. The highest BCUT2D eigenvalue weighted by atomic mass is 33.1. The van der Waals surface area contributed by atoms with Gasteiger partial charge in [-0.3, -0.25) is 0 Å². The molecule has 0 aliphatic rings. The van der Waals surface area contributed by atoms with E-state index in [4.69, 9.17) is 0 Å². The number of hydrogen-bond acceptors (Lipinski definition) is 4. The van der Waals surface area contributed by atoms with Gasteiger partial charge >= 0.3 is 0 Å². The van der Waals surface area contributed by atoms with Crippen molar-refractivity contribution in [2.24, 2.45) is 0 Å². The van der Waals surface area contributed by atoms with Crippen molar-refractivity contribution in [2.75, 3.05) is 0 Å². The van der Waals surface area contributed by atoms with Crippen molar-refractivity contribution in [2.45, 2.75) is 10.1 Å². The zero-order valence-corrected chi connectivity index (χ0v) is 9.56. The average molecular weight is 256 g/mol. The van der Waals surface area contributed by atoms with Gasteiger partial charge in [0.25, 0.3) is 0 Å². The van der Waals surface area contributed by atoms with Gasteiger partial charge in [0, 0.05) is 0 Å². The molecule has 0 aliphatic heterocycles. The molecule has 0 saturated heterocycles. The highest BCUT2D eigenvalue weighted by molar-refractivity contribution is 8.76. The minimum Gasteiger partial charge on any atom is -0.212 e. The van der Waals surface area contributed by atoms with Gasteiger partial charge in [0.2, 0.25) is 11.9 Å². The van der Waals surface area contributed by atoms with E-state index in [-0.39, 0.29) is 0 Å². The molecule has 2 aromatic heterocycles. The molecule has 2 heterocycles. The largest absolute Gasteiger partial charge is 0.213 e. The van der Waals surface area contributed by atoms with E-state index in [1.165, 1.54) is 33.7 Å². The van der Waals surface area contributed by atoms with Crippen molar-refractivity contribution in [3.8, 4) is 0 Å². The van der Waals surface area contributed by atoms with Crippen molar-refractivity contribution < 1.29 is 8.78 Å². The van der Waals surface area contributed by atoms with Crippen molar-refractivity contribution >= 4 is 21.6 Å². The summed E-state index contributed by atoms with van der Waals surface area (Å²) in [4.78, 5) is 7.33. The van der Waals surface area contributed by atoms with Crippen LogP contribution in [0.5, 0.6) is 0 Å². The van der Waals surface area contributed by atoms with Gasteiger partial charge in [0.15, 0.2) is 0 Å². The first-order valence-corrected chi connectivity index (χ1v) is 6.49. The Labute approximate surface area is 98.9 Å². The van der Waals surface area contributed by atoms with Gasteiger partial charge in [-0.25, -0.2) is 9.97 Å². The molecule has 0 unspecified atom stereocenters. The Kier molecular flexibility index (Phi) is 3.74. The lowest BCUT2D eigenvalue weighted by molar-refractivity contribution is 0.571. The topological polar surface area (TPSA) is 25.8 Å². The first kappa shape index (κ1) is 11.3. The van der Waals surface area contributed by atoms with Gasteiger partial charge in [0.05, 0.1) is 0 Å². The van der Waals surface area contributed by atoms with E-state index < -0.39 is 11.9 Å². The Morgan fingerprint density at radius 2 is 1.19 bits per heavy atom. The quantitative estimate of drug-likeness (QED) is 0.619. The predicted octanol–water partition coefficient (Wildman–Crippen LogP) is 3.55. The molecule has 0 aromatic carbocycles. The summed E-state index contributed by atoms with van der Waals surface area (Å²) >= 11 is 0. The molecule has 2 rings (SSSR count). The second kappa shape index (κ2) is 5.27. The number of hydrogen-bond donors (Lipinski definition) is 0. The molecule has 0 spiro atoms. The normalized spacial score (nSPS) is 10.4. The maximum Gasteiger partial charge on any atom is 0.213 e. The first-order valence-electron chi connectivity index (χ1n) is 4.34. The molecule has 82 valence electrons. The van der Waals surface area contributed by atoms with Crippen LogP contribution in [-0.2, 0) is 0 Å². The molecular formula is C10H6F2N2S2. The summed E-state index contributed by atoms with van der Waals surface area (Å²) in [6.45, 7) is 0. The molecule has 2 aromatic rings. The average Bonchev–Trinajstić information content (AvgIpc) is 2.27. The first-order chi connectivity index (χ1) is 7.74. The molecule has 0 bridgehead atoms. The SMILES string of the molecule is Fc1cccc(SSc2cccc(F)n2)n1. The van der Waals surface area contributed by atoms with E-state index >= 15 is 0 Å². The van der Waals surface area contributed by atoms with E-state index in [2.05, 4.69) is 9.97 Å². The fraction of sp³-hybridized carbons (Fsp3) is 0. The van der Waals surface area contributed by atoms with Crippen LogP contribution in [0.3, 0.4) is 0 Å². The lowest BCUT2D eigenvalue weighted by Crippen LogP contribution is -1.84. The fourth-order valence-electron chi connectivity index (χ4n) is 0.957. The standard InChI is InChI=1S/C10H6F2N2S2/c11-7-3-1-5-9(13-7)15-16-10-6-2-4-8(12)14-10/h1-6H. The summed E-state index contributed by atoms with van der Waals surface area (Å²) in [5.74, 6) is -1.06. The van der Waals surface area contributed by atoms with Crippen LogP contribution < -0.4 is 0 Å². The molecule has 0 fully saturated rings. The van der Waals surface area contributed by atoms with Gasteiger partial charge in [-0.1, -0.05) is 12.1 Å². The Balaban J connectivity index is 2.02. The van der Waals surface area contributed by atoms with Crippen molar-refractivity contribution in [3.05, 3.63) is 48.3 Å². The second-order valence-corrected chi connectivity index (χ2v) is 4.93. The molecule has 0 amide bonds. The van der Waals surface area contributed by atoms with E-state index in [0.29, 0.717) is 10.1 Å². The minimum atomic E-state index is -0.530. The Morgan fingerprint density at radius 1 is 0.750 bits per heavy atom. The summed E-state index contributed by atoms with van der Waals surface area (Å²) in [7, 11) is 2.47. The van der Waals surface area contributed by atoms with Crippen LogP contribution in [0.2, 0.25) is 0 Å². The summed E-state index contributed by atoms with van der Waals surface area (Å²) in [6, 6.07) is 9.05. The van der Waals surface area contributed by atoms with Crippen LogP contribution in [0.1, 0.15) is 0 Å². The van der Waals surface area contributed by atoms with Crippen molar-refractivity contribution in [1.29, 1.82) is 0 Å². The maximum atomic E-state index is 12.7. The third-order valence-corrected chi connectivity index (χ3v) is 3.75. The molecular weight excluding hydrogens is 250 g/mol. The predicted molar refractivity (Wildman–Crippen MR) is 60.1 cm³/mol. The number of halogens is 2. The number of nitrogens with zero attached hydrogens (tertiary/aromatic N) is 2. The zero-order valence-electron chi connectivity index (χ0n) is 7.93. The Hall–Kier alpha value is -1.14. The highest BCUT2D eigenvalue weighted by Gasteiger charge is 2.02. The number of aromatic nitrogens is 2. The van der Waals surface area contributed by atoms with Gasteiger partial charge in [-0.15, -0.1) is 0 Å². The van der Waals surface area contributed by atoms with E-state index in [1.54, 1.807) is 24.3 Å². The van der Waals surface area contributed by atoms with Crippen LogP contribution in [0.4, 0.5) is 8.78 Å². The molecule has 2 nitrogen and oxygen atoms in total. The highest BCUT2D eigenvalue weighted by Crippen LogP contribution is 2.34. The summed E-state index contributed by atoms with van der Waals surface area (Å²) in [6.07, 6.45) is 0. The van der Waals surface area contributed by atoms with Gasteiger partial charge in [-0.2, -0.15) is 8.78 Å². The second-order valence-electron chi connectivity index (χ2n) is 2.76. The van der Waals surface area contributed by atoms with Crippen LogP contribution in [0.25, 0.3) is 0 Å². The van der Waals surface area contributed by atoms with Gasteiger partial charge in [0.1, 0.15) is 10.1 Å². The van der Waals surface area contributed by atoms with Crippen LogP contribution in [0.15, 0.2) is 46.5 Å². The van der Waals surface area contributed by atoms with Crippen LogP contribution >= 0.6 is 21.6 Å². The zero-order chi connectivity index (χ0) is 11.4. The van der Waals surface area contributed by atoms with Gasteiger partial charge < -0.3 is 0 Å². The molecule has 0 radical (unpaired) electrons. The number of rotatable bonds is 3. The van der Waals surface area contributed by atoms with Crippen LogP contribution in [0, 0.1) is 11.9 Å². The Morgan fingerprint density at radius 3 is 1.56 bits per heavy atom. The molecule has 16 heavy (non-hydrogen) atoms. The third kappa shape index (κ3) is 3.18. The van der Waals surface area contributed by atoms with Crippen LogP contribution in [-0.4, -0.2) is 9.97 Å². The summed E-state index contributed by atoms with van der Waals surface area (Å²) in [5.41, 5.74) is 0. The minimum absolute atomic E-state index is 0.524.